The first-order chi connectivity index (χ1) is 22.7. The van der Waals surface area contributed by atoms with Gasteiger partial charge in [0.05, 0.1) is 5.54 Å². The topological polar surface area (TPSA) is 41.9 Å². The van der Waals surface area contributed by atoms with Crippen LogP contribution < -0.4 is 4.90 Å². The van der Waals surface area contributed by atoms with E-state index in [1.807, 2.05) is 60.7 Å². The van der Waals surface area contributed by atoms with Crippen LogP contribution in [0, 0.1) is 6.04 Å². The molecule has 0 spiro atoms. The van der Waals surface area contributed by atoms with E-state index in [1.54, 1.807) is 0 Å². The number of hydrogen-bond donors (Lipinski definition) is 0. The van der Waals surface area contributed by atoms with Gasteiger partial charge in [-0.05, 0) is 53.5 Å². The highest BCUT2D eigenvalue weighted by Gasteiger charge is 2.47. The predicted molar refractivity (Wildman–Crippen MR) is 194 cm³/mol. The molecular weight excluding hydrogens is 573 g/mol. The van der Waals surface area contributed by atoms with Gasteiger partial charge >= 0.3 is 0 Å². The van der Waals surface area contributed by atoms with Crippen LogP contribution in [0.5, 0.6) is 0 Å². The Balaban J connectivity index is 1.37. The molecule has 4 heteroatoms. The van der Waals surface area contributed by atoms with Crippen molar-refractivity contribution >= 4 is 5.69 Å². The maximum absolute atomic E-state index is 4.97. The molecule has 5 aromatic carbocycles. The summed E-state index contributed by atoms with van der Waals surface area (Å²) < 4.78 is 0. The minimum absolute atomic E-state index is 0.247. The number of rotatable bonds is 7. The molecule has 6 aromatic rings. The van der Waals surface area contributed by atoms with Crippen LogP contribution in [0.4, 0.5) is 5.69 Å². The van der Waals surface area contributed by atoms with Crippen LogP contribution >= 0.6 is 0 Å². The molecule has 0 saturated heterocycles. The highest BCUT2D eigenvalue weighted by atomic mass is 15.3. The average molecular weight is 614 g/mol. The molecule has 0 saturated carbocycles. The molecule has 0 unspecified atom stereocenters. The third kappa shape index (κ3) is 5.52. The van der Waals surface area contributed by atoms with Crippen molar-refractivity contribution in [3.05, 3.63) is 161 Å². The van der Waals surface area contributed by atoms with E-state index in [4.69, 9.17) is 15.0 Å². The number of para-hydroxylation sites is 1. The van der Waals surface area contributed by atoms with Crippen LogP contribution in [0.2, 0.25) is 0 Å². The van der Waals surface area contributed by atoms with E-state index < -0.39 is 0 Å². The van der Waals surface area contributed by atoms with Crippen molar-refractivity contribution < 1.29 is 0 Å². The Labute approximate surface area is 279 Å². The van der Waals surface area contributed by atoms with Gasteiger partial charge in [0.1, 0.15) is 6.04 Å². The van der Waals surface area contributed by atoms with Gasteiger partial charge in [0.2, 0.25) is 0 Å². The van der Waals surface area contributed by atoms with Crippen LogP contribution in [-0.2, 0) is 5.54 Å². The lowest BCUT2D eigenvalue weighted by Gasteiger charge is -2.41. The molecule has 1 aliphatic rings. The van der Waals surface area contributed by atoms with Crippen LogP contribution in [0.15, 0.2) is 127 Å². The SMILES string of the molecule is CC(C)c1cccc(C(C)C)c1N1[C](c2ccc(-c3nc(-c4ccccc4)nc(-c4ccccc4)n3)cc2)c2ccccc2C1(C)C. The van der Waals surface area contributed by atoms with Crippen LogP contribution in [0.25, 0.3) is 34.2 Å². The van der Waals surface area contributed by atoms with Gasteiger partial charge in [0, 0.05) is 22.4 Å². The molecule has 4 nitrogen and oxygen atoms in total. The van der Waals surface area contributed by atoms with E-state index in [1.165, 1.54) is 39.5 Å². The van der Waals surface area contributed by atoms with E-state index in [2.05, 4.69) is 113 Å². The second kappa shape index (κ2) is 12.3. The van der Waals surface area contributed by atoms with Crippen molar-refractivity contribution in [1.29, 1.82) is 0 Å². The Hall–Kier alpha value is -5.09. The Morgan fingerprint density at radius 3 is 1.38 bits per heavy atom. The van der Waals surface area contributed by atoms with Crippen molar-refractivity contribution in [1.82, 2.24) is 15.0 Å². The third-order valence-electron chi connectivity index (χ3n) is 9.31. The van der Waals surface area contributed by atoms with Gasteiger partial charge in [-0.15, -0.1) is 0 Å². The summed E-state index contributed by atoms with van der Waals surface area (Å²) in [5.74, 6) is 2.75. The average Bonchev–Trinajstić information content (AvgIpc) is 3.34. The van der Waals surface area contributed by atoms with Crippen LogP contribution in [0.3, 0.4) is 0 Å². The fraction of sp³-hybridized carbons (Fsp3) is 0.209. The molecule has 0 N–H and O–H groups in total. The van der Waals surface area contributed by atoms with Gasteiger partial charge in [-0.1, -0.05) is 155 Å². The zero-order valence-electron chi connectivity index (χ0n) is 28.1. The molecule has 7 rings (SSSR count). The van der Waals surface area contributed by atoms with Crippen molar-refractivity contribution in [2.45, 2.75) is 58.9 Å². The minimum atomic E-state index is -0.247. The summed E-state index contributed by atoms with van der Waals surface area (Å²) in [6.07, 6.45) is 0. The number of nitrogens with zero attached hydrogens (tertiary/aromatic N) is 4. The zero-order chi connectivity index (χ0) is 32.7. The summed E-state index contributed by atoms with van der Waals surface area (Å²) in [4.78, 5) is 17.4. The first-order valence-electron chi connectivity index (χ1n) is 16.6. The first kappa shape index (κ1) is 30.6. The predicted octanol–water partition coefficient (Wildman–Crippen LogP) is 10.8. The molecule has 0 atom stereocenters. The Kier molecular flexibility index (Phi) is 7.97. The van der Waals surface area contributed by atoms with Gasteiger partial charge < -0.3 is 4.90 Å². The second-order valence-electron chi connectivity index (χ2n) is 13.5. The lowest BCUT2D eigenvalue weighted by atomic mass is 9.88. The quantitative estimate of drug-likeness (QED) is 0.180. The third-order valence-corrected chi connectivity index (χ3v) is 9.31. The smallest absolute Gasteiger partial charge is 0.164 e. The molecule has 0 bridgehead atoms. The maximum Gasteiger partial charge on any atom is 0.164 e. The molecule has 1 aromatic heterocycles. The Bertz CT molecular complexity index is 1930. The van der Waals surface area contributed by atoms with Crippen LogP contribution in [-0.4, -0.2) is 15.0 Å². The number of hydrogen-bond acceptors (Lipinski definition) is 4. The second-order valence-corrected chi connectivity index (χ2v) is 13.5. The highest BCUT2D eigenvalue weighted by Crippen LogP contribution is 2.53. The van der Waals surface area contributed by atoms with Crippen molar-refractivity contribution in [2.24, 2.45) is 0 Å². The number of aromatic nitrogens is 3. The van der Waals surface area contributed by atoms with Crippen LogP contribution in [0.1, 0.15) is 81.2 Å². The van der Waals surface area contributed by atoms with Gasteiger partial charge in [0.15, 0.2) is 17.5 Å². The Morgan fingerprint density at radius 2 is 0.894 bits per heavy atom. The van der Waals surface area contributed by atoms with Crippen molar-refractivity contribution in [2.75, 3.05) is 4.90 Å². The Morgan fingerprint density at radius 1 is 0.468 bits per heavy atom. The van der Waals surface area contributed by atoms with E-state index in [0.29, 0.717) is 29.3 Å². The minimum Gasteiger partial charge on any atom is -0.345 e. The van der Waals surface area contributed by atoms with E-state index in [-0.39, 0.29) is 5.54 Å². The molecular formula is C43H41N4. The molecule has 1 aliphatic heterocycles. The van der Waals surface area contributed by atoms with E-state index >= 15 is 0 Å². The molecule has 0 amide bonds. The number of benzene rings is 5. The number of fused-ring (bicyclic) bond motifs is 1. The zero-order valence-corrected chi connectivity index (χ0v) is 28.1. The van der Waals surface area contributed by atoms with E-state index in [9.17, 15) is 0 Å². The standard InChI is InChI=1S/C43H41N4/c1-28(2)34-21-15-22-35(29(3)4)39(34)47-38(36-20-13-14-23-37(36)43(47,5)6)30-24-26-33(27-25-30)42-45-40(31-16-9-7-10-17-31)44-41(46-42)32-18-11-8-12-19-32/h7-29H,1-6H3. The molecule has 47 heavy (non-hydrogen) atoms. The normalized spacial score (nSPS) is 14.2. The summed E-state index contributed by atoms with van der Waals surface area (Å²) in [6, 6.07) is 46.0. The fourth-order valence-corrected chi connectivity index (χ4v) is 6.90. The van der Waals surface area contributed by atoms with Crippen molar-refractivity contribution in [3.63, 3.8) is 0 Å². The van der Waals surface area contributed by atoms with Gasteiger partial charge in [-0.3, -0.25) is 0 Å². The molecule has 2 heterocycles. The molecule has 0 fully saturated rings. The summed E-state index contributed by atoms with van der Waals surface area (Å²) in [7, 11) is 0. The van der Waals surface area contributed by atoms with Gasteiger partial charge in [-0.2, -0.15) is 0 Å². The molecule has 1 radical (unpaired) electrons. The van der Waals surface area contributed by atoms with Gasteiger partial charge in [-0.25, -0.2) is 15.0 Å². The molecule has 233 valence electrons. The number of anilines is 1. The summed E-state index contributed by atoms with van der Waals surface area (Å²) >= 11 is 0. The summed E-state index contributed by atoms with van der Waals surface area (Å²) in [5.41, 5.74) is 10.5. The lowest BCUT2D eigenvalue weighted by Crippen LogP contribution is -2.40. The van der Waals surface area contributed by atoms with Gasteiger partial charge in [0.25, 0.3) is 0 Å². The monoisotopic (exact) mass is 613 g/mol. The lowest BCUT2D eigenvalue weighted by molar-refractivity contribution is 0.529. The van der Waals surface area contributed by atoms with E-state index in [0.717, 1.165) is 16.7 Å². The molecule has 0 aliphatic carbocycles. The largest absolute Gasteiger partial charge is 0.345 e. The summed E-state index contributed by atoms with van der Waals surface area (Å²) in [6.45, 7) is 13.9. The maximum atomic E-state index is 4.97. The first-order valence-corrected chi connectivity index (χ1v) is 16.6. The fourth-order valence-electron chi connectivity index (χ4n) is 6.90. The van der Waals surface area contributed by atoms with Crippen molar-refractivity contribution in [3.8, 4) is 34.2 Å². The summed E-state index contributed by atoms with van der Waals surface area (Å²) in [5, 5.41) is 0. The highest BCUT2D eigenvalue weighted by molar-refractivity contribution is 5.77.